The summed E-state index contributed by atoms with van der Waals surface area (Å²) in [5.41, 5.74) is 5.70. The number of hydrogen-bond donors (Lipinski definition) is 1. The quantitative estimate of drug-likeness (QED) is 0.301. The summed E-state index contributed by atoms with van der Waals surface area (Å²) in [5, 5.41) is 12.7. The van der Waals surface area contributed by atoms with Crippen LogP contribution in [0.25, 0.3) is 5.70 Å². The van der Waals surface area contributed by atoms with Crippen LogP contribution in [0.4, 0.5) is 0 Å². The molecule has 0 spiro atoms. The number of rotatable bonds is 6. The molecule has 1 atom stereocenters. The second-order valence-corrected chi connectivity index (χ2v) is 10.6. The topological polar surface area (TPSA) is 88.4 Å². The van der Waals surface area contributed by atoms with E-state index in [1.807, 2.05) is 55.5 Å². The highest BCUT2D eigenvalue weighted by atomic mass is 79.9. The first kappa shape index (κ1) is 26.0. The highest BCUT2D eigenvalue weighted by Crippen LogP contribution is 2.49. The predicted octanol–water partition coefficient (Wildman–Crippen LogP) is 6.79. The van der Waals surface area contributed by atoms with Crippen LogP contribution in [0.15, 0.2) is 86.5 Å². The van der Waals surface area contributed by atoms with Crippen LogP contribution in [0.3, 0.4) is 0 Å². The first-order chi connectivity index (χ1) is 18.3. The molecule has 0 radical (unpaired) electrons. The number of nitrogens with zero attached hydrogens (tertiary/aromatic N) is 1. The summed E-state index contributed by atoms with van der Waals surface area (Å²) in [6.07, 6.45) is 0. The number of carbonyl (C=O) groups is 2. The fourth-order valence-corrected chi connectivity index (χ4v) is 6.38. The van der Waals surface area contributed by atoms with Crippen molar-refractivity contribution in [2.75, 3.05) is 6.61 Å². The molecule has 3 aromatic rings. The van der Waals surface area contributed by atoms with Gasteiger partial charge in [0.25, 0.3) is 0 Å². The van der Waals surface area contributed by atoms with Gasteiger partial charge in [0.05, 0.1) is 38.5 Å². The van der Waals surface area contributed by atoms with Gasteiger partial charge in [0, 0.05) is 33.9 Å². The Balaban J connectivity index is 1.58. The van der Waals surface area contributed by atoms with Crippen molar-refractivity contribution in [3.05, 3.63) is 114 Å². The molecule has 8 heteroatoms. The molecule has 0 saturated heterocycles. The van der Waals surface area contributed by atoms with Crippen molar-refractivity contribution in [1.82, 2.24) is 5.32 Å². The molecular weight excluding hydrogens is 612 g/mol. The molecule has 0 fully saturated rings. The van der Waals surface area contributed by atoms with Gasteiger partial charge in [-0.25, -0.2) is 4.79 Å². The maximum Gasteiger partial charge on any atom is 0.336 e. The largest absolute Gasteiger partial charge is 0.486 e. The van der Waals surface area contributed by atoms with Crippen molar-refractivity contribution < 1.29 is 19.1 Å². The van der Waals surface area contributed by atoms with E-state index < -0.39 is 11.9 Å². The number of halogens is 2. The predicted molar refractivity (Wildman–Crippen MR) is 150 cm³/mol. The van der Waals surface area contributed by atoms with Crippen molar-refractivity contribution in [3.63, 3.8) is 0 Å². The molecular formula is C30H22Br2N2O4. The Morgan fingerprint density at radius 2 is 1.71 bits per heavy atom. The second-order valence-electron chi connectivity index (χ2n) is 8.85. The lowest BCUT2D eigenvalue weighted by molar-refractivity contribution is -0.138. The number of benzene rings is 3. The third kappa shape index (κ3) is 4.46. The monoisotopic (exact) mass is 632 g/mol. The van der Waals surface area contributed by atoms with Crippen LogP contribution in [-0.2, 0) is 16.1 Å². The Morgan fingerprint density at radius 1 is 1.05 bits per heavy atom. The van der Waals surface area contributed by atoms with Crippen molar-refractivity contribution in [3.8, 4) is 11.8 Å². The summed E-state index contributed by atoms with van der Waals surface area (Å²) in [4.78, 5) is 26.8. The fraction of sp³-hybridized carbons (Fsp3) is 0.167. The van der Waals surface area contributed by atoms with E-state index in [-0.39, 0.29) is 19.0 Å². The number of dihydropyridines is 1. The molecule has 1 aliphatic heterocycles. The molecule has 38 heavy (non-hydrogen) atoms. The van der Waals surface area contributed by atoms with E-state index in [2.05, 4.69) is 43.2 Å². The van der Waals surface area contributed by atoms with Gasteiger partial charge in [-0.15, -0.1) is 0 Å². The van der Waals surface area contributed by atoms with Gasteiger partial charge in [-0.1, -0.05) is 42.5 Å². The van der Waals surface area contributed by atoms with Gasteiger partial charge in [-0.3, -0.25) is 4.79 Å². The Labute approximate surface area is 237 Å². The van der Waals surface area contributed by atoms with Gasteiger partial charge < -0.3 is 14.8 Å². The zero-order valence-corrected chi connectivity index (χ0v) is 23.8. The smallest absolute Gasteiger partial charge is 0.336 e. The van der Waals surface area contributed by atoms with Gasteiger partial charge in [-0.2, -0.15) is 5.26 Å². The summed E-state index contributed by atoms with van der Waals surface area (Å²) >= 11 is 7.25. The van der Waals surface area contributed by atoms with E-state index in [9.17, 15) is 14.9 Å². The van der Waals surface area contributed by atoms with Gasteiger partial charge in [0.15, 0.2) is 5.78 Å². The number of ketones is 1. The molecule has 0 aromatic heterocycles. The lowest BCUT2D eigenvalue weighted by Gasteiger charge is -2.29. The lowest BCUT2D eigenvalue weighted by Crippen LogP contribution is -2.29. The number of esters is 1. The minimum Gasteiger partial charge on any atom is -0.486 e. The van der Waals surface area contributed by atoms with Crippen molar-refractivity contribution in [1.29, 1.82) is 5.26 Å². The first-order valence-electron chi connectivity index (χ1n) is 12.0. The van der Waals surface area contributed by atoms with E-state index in [4.69, 9.17) is 9.47 Å². The molecule has 5 rings (SSSR count). The van der Waals surface area contributed by atoms with Crippen LogP contribution in [-0.4, -0.2) is 18.4 Å². The van der Waals surface area contributed by atoms with Crippen LogP contribution < -0.4 is 10.1 Å². The van der Waals surface area contributed by atoms with Crippen LogP contribution >= 0.6 is 31.9 Å². The van der Waals surface area contributed by atoms with Crippen molar-refractivity contribution in [2.45, 2.75) is 26.4 Å². The number of Topliss-reactive ketones (excluding diaryl/α,β-unsaturated/α-hetero) is 1. The zero-order chi connectivity index (χ0) is 27.0. The van der Waals surface area contributed by atoms with Crippen molar-refractivity contribution in [2.24, 2.45) is 0 Å². The Bertz CT molecular complexity index is 1580. The number of allylic oxidation sites excluding steroid dienone is 2. The van der Waals surface area contributed by atoms with Gasteiger partial charge in [-0.05, 0) is 69.5 Å². The molecule has 6 nitrogen and oxygen atoms in total. The van der Waals surface area contributed by atoms with Crippen LogP contribution in [0, 0.1) is 11.3 Å². The summed E-state index contributed by atoms with van der Waals surface area (Å²) < 4.78 is 12.8. The van der Waals surface area contributed by atoms with Crippen LogP contribution in [0.5, 0.6) is 5.75 Å². The van der Waals surface area contributed by atoms with Gasteiger partial charge in [0.2, 0.25) is 0 Å². The van der Waals surface area contributed by atoms with E-state index >= 15 is 0 Å². The molecule has 1 aliphatic carbocycles. The van der Waals surface area contributed by atoms with E-state index in [0.29, 0.717) is 48.4 Å². The second kappa shape index (κ2) is 10.6. The third-order valence-corrected chi connectivity index (χ3v) is 7.79. The number of fused-ring (bicyclic) bond motifs is 2. The molecule has 190 valence electrons. The standard InChI is InChI=1S/C30H22Br2N2O4/c1-3-37-30(36)24-16(2)34-27-20-10-6-7-11-21(20)28(35)26(27)25(24)19-12-22(31)29(23(32)13-19)38-15-18-9-5-4-8-17(18)14-33/h4-13,25,34H,3,15H2,1-2H3/t25-/m1/s1. The minimum atomic E-state index is -0.647. The highest BCUT2D eigenvalue weighted by molar-refractivity contribution is 9.11. The molecule has 0 bridgehead atoms. The van der Waals surface area contributed by atoms with Crippen LogP contribution in [0.1, 0.15) is 52.4 Å². The maximum absolute atomic E-state index is 13.7. The fourth-order valence-electron chi connectivity index (χ4n) is 4.93. The summed E-state index contributed by atoms with van der Waals surface area (Å²) in [6, 6.07) is 20.6. The normalized spacial score (nSPS) is 16.0. The molecule has 1 N–H and O–H groups in total. The van der Waals surface area contributed by atoms with E-state index in [1.54, 1.807) is 19.1 Å². The highest BCUT2D eigenvalue weighted by Gasteiger charge is 2.43. The van der Waals surface area contributed by atoms with Crippen LogP contribution in [0.2, 0.25) is 0 Å². The number of carbonyl (C=O) groups excluding carboxylic acids is 2. The molecule has 0 unspecified atom stereocenters. The Kier molecular flexibility index (Phi) is 7.24. The maximum atomic E-state index is 13.7. The number of hydrogen-bond acceptors (Lipinski definition) is 6. The number of ether oxygens (including phenoxy) is 2. The minimum absolute atomic E-state index is 0.122. The number of nitrogens with one attached hydrogen (secondary N) is 1. The van der Waals surface area contributed by atoms with E-state index in [0.717, 1.165) is 16.7 Å². The third-order valence-electron chi connectivity index (χ3n) is 6.61. The lowest BCUT2D eigenvalue weighted by atomic mass is 9.80. The van der Waals surface area contributed by atoms with Crippen molar-refractivity contribution >= 4 is 49.3 Å². The summed E-state index contributed by atoms with van der Waals surface area (Å²) in [6.45, 7) is 3.99. The van der Waals surface area contributed by atoms with Gasteiger partial charge in [0.1, 0.15) is 12.4 Å². The average molecular weight is 634 g/mol. The molecule has 2 aliphatic rings. The molecule has 0 saturated carbocycles. The van der Waals surface area contributed by atoms with E-state index in [1.165, 1.54) is 0 Å². The number of nitriles is 1. The summed E-state index contributed by atoms with van der Waals surface area (Å²) in [7, 11) is 0. The van der Waals surface area contributed by atoms with Gasteiger partial charge >= 0.3 is 5.97 Å². The SMILES string of the molecule is CCOC(=O)C1=C(C)NC2=C(C(=O)c3ccccc32)[C@@H]1c1cc(Br)c(OCc2ccccc2C#N)c(Br)c1. The summed E-state index contributed by atoms with van der Waals surface area (Å²) in [5.74, 6) is -0.697. The molecule has 3 aromatic carbocycles. The average Bonchev–Trinajstić information content (AvgIpc) is 3.19. The zero-order valence-electron chi connectivity index (χ0n) is 20.6. The molecule has 0 amide bonds. The molecule has 1 heterocycles. The first-order valence-corrected chi connectivity index (χ1v) is 13.6. The Hall–Kier alpha value is -3.67. The Morgan fingerprint density at radius 3 is 2.39 bits per heavy atom.